The molecule has 0 saturated carbocycles. The van der Waals surface area contributed by atoms with Crippen LogP contribution in [-0.4, -0.2) is 40.2 Å². The number of alkyl halides is 3. The summed E-state index contributed by atoms with van der Waals surface area (Å²) in [5.41, 5.74) is 4.37. The molecule has 1 aliphatic rings. The Bertz CT molecular complexity index is 930. The van der Waals surface area contributed by atoms with Crippen molar-refractivity contribution in [3.05, 3.63) is 57.5 Å². The number of hydrogen-bond donors (Lipinski definition) is 1. The van der Waals surface area contributed by atoms with E-state index in [-0.39, 0.29) is 29.7 Å². The number of benzene rings is 1. The Hall–Kier alpha value is -2.39. The molecule has 1 atom stereocenters. The quantitative estimate of drug-likeness (QED) is 0.833. The van der Waals surface area contributed by atoms with E-state index in [1.54, 1.807) is 6.92 Å². The number of halogens is 4. The molecule has 152 valence electrons. The van der Waals surface area contributed by atoms with Gasteiger partial charge in [-0.25, -0.2) is 4.68 Å². The minimum atomic E-state index is -4.51. The van der Waals surface area contributed by atoms with Gasteiger partial charge in [0.05, 0.1) is 11.3 Å². The molecule has 1 unspecified atom stereocenters. The number of amides is 1. The lowest BCUT2D eigenvalue weighted by atomic mass is 10.1. The van der Waals surface area contributed by atoms with E-state index in [0.717, 1.165) is 18.6 Å². The van der Waals surface area contributed by atoms with Gasteiger partial charge >= 0.3 is 6.18 Å². The van der Waals surface area contributed by atoms with Crippen LogP contribution in [0.3, 0.4) is 0 Å². The predicted octanol–water partition coefficient (Wildman–Crippen LogP) is 2.40. The standard InChI is InChI=1S/C18H19F3N4O2.ClH/c1-11-7-15(26)16(17(27)24-6-5-12(9-22)10-24)23-25(11)14-4-2-3-13(8-14)18(19,20)21;/h2-4,7-8,12H,5-6,9-10,22H2,1H3;1H. The van der Waals surface area contributed by atoms with Gasteiger partial charge in [0.1, 0.15) is 0 Å². The zero-order chi connectivity index (χ0) is 19.8. The topological polar surface area (TPSA) is 81.2 Å². The average molecular weight is 417 g/mol. The van der Waals surface area contributed by atoms with E-state index in [1.807, 2.05) is 0 Å². The summed E-state index contributed by atoms with van der Waals surface area (Å²) in [7, 11) is 0. The zero-order valence-electron chi connectivity index (χ0n) is 15.1. The number of aryl methyl sites for hydroxylation is 1. The molecule has 2 heterocycles. The molecule has 0 radical (unpaired) electrons. The number of likely N-dealkylation sites (tertiary alicyclic amines) is 1. The van der Waals surface area contributed by atoms with Gasteiger partial charge in [0.25, 0.3) is 5.91 Å². The number of rotatable bonds is 3. The molecule has 1 aromatic carbocycles. The van der Waals surface area contributed by atoms with Crippen LogP contribution in [0.1, 0.15) is 28.2 Å². The molecule has 3 rings (SSSR count). The Morgan fingerprint density at radius 1 is 1.32 bits per heavy atom. The van der Waals surface area contributed by atoms with Crippen LogP contribution in [0.25, 0.3) is 5.69 Å². The molecule has 1 aromatic heterocycles. The maximum Gasteiger partial charge on any atom is 0.416 e. The summed E-state index contributed by atoms with van der Waals surface area (Å²) in [6.45, 7) is 2.90. The minimum absolute atomic E-state index is 0. The zero-order valence-corrected chi connectivity index (χ0v) is 15.9. The molecule has 6 nitrogen and oxygen atoms in total. The first kappa shape index (κ1) is 21.9. The van der Waals surface area contributed by atoms with Crippen molar-refractivity contribution in [3.8, 4) is 5.69 Å². The summed E-state index contributed by atoms with van der Waals surface area (Å²) >= 11 is 0. The van der Waals surface area contributed by atoms with Gasteiger partial charge in [0.2, 0.25) is 5.43 Å². The van der Waals surface area contributed by atoms with Gasteiger partial charge in [-0.3, -0.25) is 9.59 Å². The smallest absolute Gasteiger partial charge is 0.337 e. The lowest BCUT2D eigenvalue weighted by molar-refractivity contribution is -0.137. The Balaban J connectivity index is 0.00000280. The van der Waals surface area contributed by atoms with Crippen LogP contribution in [0.4, 0.5) is 13.2 Å². The minimum Gasteiger partial charge on any atom is -0.337 e. The first-order valence-corrected chi connectivity index (χ1v) is 8.48. The van der Waals surface area contributed by atoms with Crippen LogP contribution in [0.2, 0.25) is 0 Å². The maximum absolute atomic E-state index is 13.0. The molecule has 10 heteroatoms. The molecule has 1 fully saturated rings. The summed E-state index contributed by atoms with van der Waals surface area (Å²) < 4.78 is 40.1. The Morgan fingerprint density at radius 2 is 2.04 bits per heavy atom. The summed E-state index contributed by atoms with van der Waals surface area (Å²) in [5.74, 6) is -0.359. The van der Waals surface area contributed by atoms with Crippen molar-refractivity contribution in [1.29, 1.82) is 0 Å². The molecular formula is C18H20ClF3N4O2. The molecule has 0 spiro atoms. The van der Waals surface area contributed by atoms with Gasteiger partial charge in [-0.2, -0.15) is 18.3 Å². The summed E-state index contributed by atoms with van der Waals surface area (Å²) in [4.78, 5) is 26.5. The number of carbonyl (C=O) groups is 1. The van der Waals surface area contributed by atoms with Crippen molar-refractivity contribution in [1.82, 2.24) is 14.7 Å². The van der Waals surface area contributed by atoms with Crippen molar-refractivity contribution < 1.29 is 18.0 Å². The summed E-state index contributed by atoms with van der Waals surface area (Å²) in [5, 5.41) is 4.07. The van der Waals surface area contributed by atoms with Crippen molar-refractivity contribution in [2.45, 2.75) is 19.5 Å². The lowest BCUT2D eigenvalue weighted by Gasteiger charge is -2.17. The van der Waals surface area contributed by atoms with Gasteiger partial charge in [-0.15, -0.1) is 12.4 Å². The van der Waals surface area contributed by atoms with E-state index in [9.17, 15) is 22.8 Å². The normalized spacial score (nSPS) is 16.8. The molecule has 1 saturated heterocycles. The summed E-state index contributed by atoms with van der Waals surface area (Å²) in [6, 6.07) is 5.78. The van der Waals surface area contributed by atoms with Crippen LogP contribution in [0, 0.1) is 12.8 Å². The average Bonchev–Trinajstić information content (AvgIpc) is 3.10. The molecular weight excluding hydrogens is 397 g/mol. The fraction of sp³-hybridized carbons (Fsp3) is 0.389. The number of hydrogen-bond acceptors (Lipinski definition) is 4. The largest absolute Gasteiger partial charge is 0.416 e. The van der Waals surface area contributed by atoms with Crippen LogP contribution in [0.5, 0.6) is 0 Å². The highest BCUT2D eigenvalue weighted by molar-refractivity contribution is 5.92. The van der Waals surface area contributed by atoms with E-state index in [4.69, 9.17) is 5.73 Å². The van der Waals surface area contributed by atoms with Crippen molar-refractivity contribution in [3.63, 3.8) is 0 Å². The Morgan fingerprint density at radius 3 is 2.64 bits per heavy atom. The van der Waals surface area contributed by atoms with Crippen molar-refractivity contribution in [2.24, 2.45) is 11.7 Å². The Kier molecular flexibility index (Phi) is 6.51. The van der Waals surface area contributed by atoms with Crippen LogP contribution < -0.4 is 11.2 Å². The first-order valence-electron chi connectivity index (χ1n) is 8.48. The number of aromatic nitrogens is 2. The second-order valence-electron chi connectivity index (χ2n) is 6.60. The molecule has 2 N–H and O–H groups in total. The first-order chi connectivity index (χ1) is 12.7. The van der Waals surface area contributed by atoms with E-state index in [2.05, 4.69) is 5.10 Å². The molecule has 1 amide bonds. The van der Waals surface area contributed by atoms with Gasteiger partial charge in [-0.1, -0.05) is 6.07 Å². The third-order valence-corrected chi connectivity index (χ3v) is 4.63. The lowest BCUT2D eigenvalue weighted by Crippen LogP contribution is -2.35. The molecule has 2 aromatic rings. The summed E-state index contributed by atoms with van der Waals surface area (Å²) in [6.07, 6.45) is -3.76. The molecule has 0 aliphatic carbocycles. The van der Waals surface area contributed by atoms with Crippen molar-refractivity contribution >= 4 is 18.3 Å². The van der Waals surface area contributed by atoms with Gasteiger partial charge in [-0.05, 0) is 44.0 Å². The Labute approximate surface area is 165 Å². The van der Waals surface area contributed by atoms with E-state index < -0.39 is 23.1 Å². The van der Waals surface area contributed by atoms with E-state index in [1.165, 1.54) is 27.8 Å². The second kappa shape index (κ2) is 8.32. The highest BCUT2D eigenvalue weighted by Gasteiger charge is 2.31. The molecule has 1 aliphatic heterocycles. The molecule has 28 heavy (non-hydrogen) atoms. The fourth-order valence-electron chi connectivity index (χ4n) is 3.13. The van der Waals surface area contributed by atoms with E-state index in [0.29, 0.717) is 25.3 Å². The van der Waals surface area contributed by atoms with E-state index >= 15 is 0 Å². The second-order valence-corrected chi connectivity index (χ2v) is 6.60. The number of nitrogens with zero attached hydrogens (tertiary/aromatic N) is 3. The number of carbonyl (C=O) groups excluding carboxylic acids is 1. The van der Waals surface area contributed by atoms with Gasteiger partial charge < -0.3 is 10.6 Å². The van der Waals surface area contributed by atoms with Crippen molar-refractivity contribution in [2.75, 3.05) is 19.6 Å². The molecule has 0 bridgehead atoms. The highest BCUT2D eigenvalue weighted by Crippen LogP contribution is 2.30. The number of nitrogens with two attached hydrogens (primary N) is 1. The monoisotopic (exact) mass is 416 g/mol. The SMILES string of the molecule is Cc1cc(=O)c(C(=O)N2CCC(CN)C2)nn1-c1cccc(C(F)(F)F)c1.Cl. The van der Waals surface area contributed by atoms with Gasteiger partial charge in [0, 0.05) is 24.8 Å². The predicted molar refractivity (Wildman–Crippen MR) is 99.9 cm³/mol. The fourth-order valence-corrected chi connectivity index (χ4v) is 3.13. The third-order valence-electron chi connectivity index (χ3n) is 4.63. The maximum atomic E-state index is 13.0. The van der Waals surface area contributed by atoms with Crippen LogP contribution >= 0.6 is 12.4 Å². The van der Waals surface area contributed by atoms with Crippen LogP contribution in [0.15, 0.2) is 35.1 Å². The van der Waals surface area contributed by atoms with Gasteiger partial charge in [0.15, 0.2) is 5.69 Å². The van der Waals surface area contributed by atoms with Crippen LogP contribution in [-0.2, 0) is 6.18 Å². The third kappa shape index (κ3) is 4.36. The highest BCUT2D eigenvalue weighted by atomic mass is 35.5.